The van der Waals surface area contributed by atoms with E-state index in [1.54, 1.807) is 19.2 Å². The predicted molar refractivity (Wildman–Crippen MR) is 72.6 cm³/mol. The van der Waals surface area contributed by atoms with Crippen LogP contribution in [0, 0.1) is 30.1 Å². The number of nitrogens with zero attached hydrogens (tertiary/aromatic N) is 1. The van der Waals surface area contributed by atoms with Crippen molar-refractivity contribution in [2.75, 3.05) is 14.2 Å². The lowest BCUT2D eigenvalue weighted by molar-refractivity contribution is 0.0921. The van der Waals surface area contributed by atoms with E-state index in [0.717, 1.165) is 5.56 Å². The van der Waals surface area contributed by atoms with Gasteiger partial charge in [0.25, 0.3) is 0 Å². The SMILES string of the molecule is COc1ccc(C(=O)C(C#N)C(C)C)c(OC)c1C. The Kier molecular flexibility index (Phi) is 4.94. The van der Waals surface area contributed by atoms with Crippen LogP contribution in [0.25, 0.3) is 0 Å². The second-order valence-corrected chi connectivity index (χ2v) is 4.69. The van der Waals surface area contributed by atoms with E-state index in [9.17, 15) is 4.79 Å². The summed E-state index contributed by atoms with van der Waals surface area (Å²) in [5.74, 6) is 0.225. The highest BCUT2D eigenvalue weighted by Gasteiger charge is 2.27. The van der Waals surface area contributed by atoms with Gasteiger partial charge in [0.05, 0.1) is 25.9 Å². The Morgan fingerprint density at radius 3 is 2.32 bits per heavy atom. The summed E-state index contributed by atoms with van der Waals surface area (Å²) in [5.41, 5.74) is 1.19. The van der Waals surface area contributed by atoms with Crippen molar-refractivity contribution < 1.29 is 14.3 Å². The minimum absolute atomic E-state index is 0.0374. The summed E-state index contributed by atoms with van der Waals surface area (Å²) in [7, 11) is 3.07. The molecule has 0 amide bonds. The normalized spacial score (nSPS) is 11.8. The third-order valence-electron chi connectivity index (χ3n) is 3.13. The topological polar surface area (TPSA) is 59.3 Å². The van der Waals surface area contributed by atoms with E-state index >= 15 is 0 Å². The van der Waals surface area contributed by atoms with Gasteiger partial charge in [-0.05, 0) is 25.0 Å². The van der Waals surface area contributed by atoms with E-state index in [2.05, 4.69) is 6.07 Å². The number of carbonyl (C=O) groups excluding carboxylic acids is 1. The molecule has 1 atom stereocenters. The van der Waals surface area contributed by atoms with Crippen LogP contribution in [0.2, 0.25) is 0 Å². The molecule has 0 N–H and O–H groups in total. The molecule has 0 aliphatic carbocycles. The minimum Gasteiger partial charge on any atom is -0.496 e. The molecule has 0 radical (unpaired) electrons. The monoisotopic (exact) mass is 261 g/mol. The number of carbonyl (C=O) groups is 1. The molecule has 1 aromatic carbocycles. The van der Waals surface area contributed by atoms with Crippen molar-refractivity contribution in [1.82, 2.24) is 0 Å². The molecule has 0 spiro atoms. The molecule has 0 bridgehead atoms. The molecule has 1 rings (SSSR count). The quantitative estimate of drug-likeness (QED) is 0.764. The summed E-state index contributed by atoms with van der Waals surface area (Å²) < 4.78 is 10.5. The second kappa shape index (κ2) is 6.24. The Hall–Kier alpha value is -2.02. The average Bonchev–Trinajstić information content (AvgIpc) is 2.38. The van der Waals surface area contributed by atoms with Crippen molar-refractivity contribution in [2.24, 2.45) is 11.8 Å². The van der Waals surface area contributed by atoms with Gasteiger partial charge < -0.3 is 9.47 Å². The summed E-state index contributed by atoms with van der Waals surface area (Å²) in [6, 6.07) is 5.44. The van der Waals surface area contributed by atoms with E-state index < -0.39 is 5.92 Å². The summed E-state index contributed by atoms with van der Waals surface area (Å²) in [6.07, 6.45) is 0. The van der Waals surface area contributed by atoms with E-state index in [0.29, 0.717) is 17.1 Å². The lowest BCUT2D eigenvalue weighted by Crippen LogP contribution is -2.19. The summed E-state index contributed by atoms with van der Waals surface area (Å²) in [6.45, 7) is 5.54. The first-order valence-corrected chi connectivity index (χ1v) is 6.13. The molecular formula is C15H19NO3. The number of hydrogen-bond donors (Lipinski definition) is 0. The molecular weight excluding hydrogens is 242 g/mol. The molecule has 4 heteroatoms. The van der Waals surface area contributed by atoms with Gasteiger partial charge in [0.15, 0.2) is 5.78 Å². The molecule has 1 aromatic rings. The maximum absolute atomic E-state index is 12.4. The van der Waals surface area contributed by atoms with Gasteiger partial charge in [-0.15, -0.1) is 0 Å². The van der Waals surface area contributed by atoms with Gasteiger partial charge >= 0.3 is 0 Å². The maximum Gasteiger partial charge on any atom is 0.183 e. The maximum atomic E-state index is 12.4. The lowest BCUT2D eigenvalue weighted by atomic mass is 9.88. The van der Waals surface area contributed by atoms with Crippen molar-refractivity contribution in [3.63, 3.8) is 0 Å². The largest absolute Gasteiger partial charge is 0.496 e. The smallest absolute Gasteiger partial charge is 0.183 e. The van der Waals surface area contributed by atoms with Crippen molar-refractivity contribution in [2.45, 2.75) is 20.8 Å². The number of methoxy groups -OCH3 is 2. The van der Waals surface area contributed by atoms with Crippen molar-refractivity contribution in [3.8, 4) is 17.6 Å². The Labute approximate surface area is 113 Å². The molecule has 0 heterocycles. The molecule has 4 nitrogen and oxygen atoms in total. The first-order chi connectivity index (χ1) is 8.97. The molecule has 0 saturated heterocycles. The number of ether oxygens (including phenoxy) is 2. The van der Waals surface area contributed by atoms with Gasteiger partial charge in [-0.2, -0.15) is 5.26 Å². The van der Waals surface area contributed by atoms with E-state index in [1.807, 2.05) is 20.8 Å². The number of rotatable bonds is 5. The number of nitriles is 1. The molecule has 0 aromatic heterocycles. The highest BCUT2D eigenvalue weighted by Crippen LogP contribution is 2.33. The highest BCUT2D eigenvalue weighted by molar-refractivity contribution is 6.02. The number of Topliss-reactive ketones (excluding diaryl/α,β-unsaturated/α-hetero) is 1. The summed E-state index contributed by atoms with van der Waals surface area (Å²) >= 11 is 0. The first-order valence-electron chi connectivity index (χ1n) is 6.13. The Morgan fingerprint density at radius 2 is 1.89 bits per heavy atom. The van der Waals surface area contributed by atoms with Crippen molar-refractivity contribution >= 4 is 5.78 Å². The molecule has 0 aliphatic heterocycles. The molecule has 0 aliphatic rings. The first kappa shape index (κ1) is 15.0. The van der Waals surface area contributed by atoms with Crippen LogP contribution in [0.4, 0.5) is 0 Å². The average molecular weight is 261 g/mol. The highest BCUT2D eigenvalue weighted by atomic mass is 16.5. The van der Waals surface area contributed by atoms with Crippen LogP contribution in [0.1, 0.15) is 29.8 Å². The molecule has 19 heavy (non-hydrogen) atoms. The standard InChI is InChI=1S/C15H19NO3/c1-9(2)12(8-16)14(17)11-6-7-13(18-4)10(3)15(11)19-5/h6-7,9,12H,1-5H3. The van der Waals surface area contributed by atoms with Crippen LogP contribution in [0.3, 0.4) is 0 Å². The third-order valence-corrected chi connectivity index (χ3v) is 3.13. The van der Waals surface area contributed by atoms with E-state index in [4.69, 9.17) is 14.7 Å². The van der Waals surface area contributed by atoms with Crippen LogP contribution in [0.15, 0.2) is 12.1 Å². The Morgan fingerprint density at radius 1 is 1.26 bits per heavy atom. The van der Waals surface area contributed by atoms with E-state index in [1.165, 1.54) is 7.11 Å². The van der Waals surface area contributed by atoms with Crippen LogP contribution in [0.5, 0.6) is 11.5 Å². The fraction of sp³-hybridized carbons (Fsp3) is 0.467. The predicted octanol–water partition coefficient (Wildman–Crippen LogP) is 2.99. The number of ketones is 1. The van der Waals surface area contributed by atoms with Crippen LogP contribution < -0.4 is 9.47 Å². The van der Waals surface area contributed by atoms with E-state index in [-0.39, 0.29) is 11.7 Å². The number of benzene rings is 1. The summed E-state index contributed by atoms with van der Waals surface area (Å²) in [4.78, 5) is 12.4. The van der Waals surface area contributed by atoms with Gasteiger partial charge in [0.1, 0.15) is 17.4 Å². The van der Waals surface area contributed by atoms with Crippen LogP contribution >= 0.6 is 0 Å². The molecule has 102 valence electrons. The third kappa shape index (κ3) is 2.87. The lowest BCUT2D eigenvalue weighted by Gasteiger charge is -2.17. The van der Waals surface area contributed by atoms with Gasteiger partial charge in [-0.25, -0.2) is 0 Å². The van der Waals surface area contributed by atoms with Crippen LogP contribution in [-0.4, -0.2) is 20.0 Å². The summed E-state index contributed by atoms with van der Waals surface area (Å²) in [5, 5.41) is 9.13. The van der Waals surface area contributed by atoms with Gasteiger partial charge in [0, 0.05) is 5.56 Å². The number of hydrogen-bond acceptors (Lipinski definition) is 4. The molecule has 0 saturated carbocycles. The van der Waals surface area contributed by atoms with Crippen molar-refractivity contribution in [3.05, 3.63) is 23.3 Å². The van der Waals surface area contributed by atoms with Crippen molar-refractivity contribution in [1.29, 1.82) is 5.26 Å². The zero-order valence-electron chi connectivity index (χ0n) is 12.0. The Bertz CT molecular complexity index is 515. The zero-order chi connectivity index (χ0) is 14.6. The van der Waals surface area contributed by atoms with Crippen LogP contribution in [-0.2, 0) is 0 Å². The minimum atomic E-state index is -0.665. The fourth-order valence-corrected chi connectivity index (χ4v) is 2.03. The van der Waals surface area contributed by atoms with Gasteiger partial charge in [0.2, 0.25) is 0 Å². The van der Waals surface area contributed by atoms with Gasteiger partial charge in [-0.3, -0.25) is 4.79 Å². The molecule has 1 unspecified atom stereocenters. The Balaban J connectivity index is 3.32. The second-order valence-electron chi connectivity index (χ2n) is 4.69. The molecule has 0 fully saturated rings. The fourth-order valence-electron chi connectivity index (χ4n) is 2.03. The zero-order valence-corrected chi connectivity index (χ0v) is 12.0. The van der Waals surface area contributed by atoms with Gasteiger partial charge in [-0.1, -0.05) is 13.8 Å².